The van der Waals surface area contributed by atoms with Crippen LogP contribution >= 0.6 is 0 Å². The summed E-state index contributed by atoms with van der Waals surface area (Å²) in [5, 5.41) is 10.4. The molecular formula is C15H15N3O. The Labute approximate surface area is 111 Å². The maximum Gasteiger partial charge on any atom is 0.140 e. The van der Waals surface area contributed by atoms with Gasteiger partial charge in [-0.1, -0.05) is 0 Å². The minimum Gasteiger partial charge on any atom is -0.392 e. The van der Waals surface area contributed by atoms with Gasteiger partial charge in [-0.2, -0.15) is 0 Å². The molecule has 0 aromatic carbocycles. The highest BCUT2D eigenvalue weighted by molar-refractivity contribution is 5.80. The van der Waals surface area contributed by atoms with Crippen LogP contribution in [-0.4, -0.2) is 19.6 Å². The summed E-state index contributed by atoms with van der Waals surface area (Å²) in [5.74, 6) is 0. The minimum atomic E-state index is 0.0461. The normalized spacial score (nSPS) is 11.0. The van der Waals surface area contributed by atoms with Gasteiger partial charge in [0.2, 0.25) is 0 Å². The molecule has 4 nitrogen and oxygen atoms in total. The van der Waals surface area contributed by atoms with E-state index in [2.05, 4.69) is 14.5 Å². The van der Waals surface area contributed by atoms with Gasteiger partial charge < -0.3 is 9.67 Å². The number of pyridine rings is 2. The van der Waals surface area contributed by atoms with Gasteiger partial charge in [0, 0.05) is 42.3 Å². The van der Waals surface area contributed by atoms with Crippen LogP contribution in [0.4, 0.5) is 0 Å². The first-order valence-electron chi connectivity index (χ1n) is 6.31. The van der Waals surface area contributed by atoms with Crippen LogP contribution in [0.2, 0.25) is 0 Å². The summed E-state index contributed by atoms with van der Waals surface area (Å²) in [6.45, 7) is 0.891. The van der Waals surface area contributed by atoms with Crippen LogP contribution in [0.3, 0.4) is 0 Å². The fourth-order valence-corrected chi connectivity index (χ4v) is 2.29. The molecule has 0 aliphatic heterocycles. The zero-order valence-corrected chi connectivity index (χ0v) is 10.5. The Bertz CT molecular complexity index is 676. The van der Waals surface area contributed by atoms with Crippen LogP contribution in [0.5, 0.6) is 0 Å². The monoisotopic (exact) mass is 253 g/mol. The summed E-state index contributed by atoms with van der Waals surface area (Å²) >= 11 is 0. The van der Waals surface area contributed by atoms with Crippen molar-refractivity contribution in [2.75, 3.05) is 0 Å². The number of aliphatic hydroxyl groups is 1. The third-order valence-electron chi connectivity index (χ3n) is 3.28. The Morgan fingerprint density at radius 3 is 2.74 bits per heavy atom. The number of rotatable bonds is 4. The van der Waals surface area contributed by atoms with E-state index in [9.17, 15) is 5.11 Å². The van der Waals surface area contributed by atoms with E-state index in [0.29, 0.717) is 0 Å². The second kappa shape index (κ2) is 5.20. The van der Waals surface area contributed by atoms with Gasteiger partial charge in [-0.25, -0.2) is 4.98 Å². The molecule has 0 radical (unpaired) electrons. The van der Waals surface area contributed by atoms with Gasteiger partial charge >= 0.3 is 0 Å². The molecule has 0 fully saturated rings. The van der Waals surface area contributed by atoms with Gasteiger partial charge in [-0.05, 0) is 36.2 Å². The molecule has 0 saturated heterocycles. The highest BCUT2D eigenvalue weighted by atomic mass is 16.3. The molecular weight excluding hydrogens is 238 g/mol. The molecule has 0 atom stereocenters. The Kier molecular flexibility index (Phi) is 3.25. The van der Waals surface area contributed by atoms with Crippen molar-refractivity contribution in [3.63, 3.8) is 0 Å². The second-order valence-electron chi connectivity index (χ2n) is 4.49. The predicted molar refractivity (Wildman–Crippen MR) is 73.6 cm³/mol. The first kappa shape index (κ1) is 11.9. The van der Waals surface area contributed by atoms with E-state index in [4.69, 9.17) is 0 Å². The van der Waals surface area contributed by atoms with Gasteiger partial charge in [0.1, 0.15) is 5.65 Å². The van der Waals surface area contributed by atoms with Crippen molar-refractivity contribution in [1.82, 2.24) is 14.5 Å². The molecule has 0 saturated carbocycles. The molecule has 0 aliphatic rings. The van der Waals surface area contributed by atoms with E-state index >= 15 is 0 Å². The van der Waals surface area contributed by atoms with Crippen molar-refractivity contribution >= 4 is 11.0 Å². The number of aryl methyl sites for hydroxylation is 2. The van der Waals surface area contributed by atoms with Crippen LogP contribution in [0.15, 0.2) is 49.1 Å². The molecule has 19 heavy (non-hydrogen) atoms. The molecule has 3 aromatic rings. The van der Waals surface area contributed by atoms with E-state index < -0.39 is 0 Å². The summed E-state index contributed by atoms with van der Waals surface area (Å²) in [5.41, 5.74) is 3.11. The van der Waals surface area contributed by atoms with Crippen molar-refractivity contribution in [3.05, 3.63) is 60.2 Å². The lowest BCUT2D eigenvalue weighted by Gasteiger charge is -2.04. The first-order valence-corrected chi connectivity index (χ1v) is 6.31. The maximum atomic E-state index is 9.38. The number of hydrogen-bond donors (Lipinski definition) is 1. The third kappa shape index (κ3) is 2.35. The molecule has 3 rings (SSSR count). The first-order chi connectivity index (χ1) is 9.38. The van der Waals surface area contributed by atoms with Crippen LogP contribution in [-0.2, 0) is 19.6 Å². The SMILES string of the molecule is OCc1cn(CCc2ccncc2)c2ncccc12. The Balaban J connectivity index is 1.89. The van der Waals surface area contributed by atoms with E-state index in [1.165, 1.54) is 5.56 Å². The summed E-state index contributed by atoms with van der Waals surface area (Å²) < 4.78 is 2.10. The standard InChI is InChI=1S/C15H15N3O/c19-11-13-10-18(15-14(13)2-1-6-17-15)9-5-12-3-7-16-8-4-12/h1-4,6-8,10,19H,5,9,11H2. The Morgan fingerprint density at radius 1 is 1.11 bits per heavy atom. The van der Waals surface area contributed by atoms with Crippen molar-refractivity contribution in [3.8, 4) is 0 Å². The number of fused-ring (bicyclic) bond motifs is 1. The van der Waals surface area contributed by atoms with E-state index in [0.717, 1.165) is 29.6 Å². The third-order valence-corrected chi connectivity index (χ3v) is 3.28. The highest BCUT2D eigenvalue weighted by Crippen LogP contribution is 2.19. The van der Waals surface area contributed by atoms with Crippen LogP contribution in [0.1, 0.15) is 11.1 Å². The lowest BCUT2D eigenvalue weighted by Crippen LogP contribution is -2.00. The van der Waals surface area contributed by atoms with Gasteiger partial charge in [-0.3, -0.25) is 4.98 Å². The van der Waals surface area contributed by atoms with E-state index in [-0.39, 0.29) is 6.61 Å². The molecule has 4 heteroatoms. The average Bonchev–Trinajstić information content (AvgIpc) is 2.84. The zero-order valence-electron chi connectivity index (χ0n) is 10.5. The van der Waals surface area contributed by atoms with Crippen LogP contribution in [0, 0.1) is 0 Å². The van der Waals surface area contributed by atoms with Gasteiger partial charge in [0.05, 0.1) is 6.61 Å². The number of aromatic nitrogens is 3. The van der Waals surface area contributed by atoms with Crippen LogP contribution in [0.25, 0.3) is 11.0 Å². The molecule has 3 aromatic heterocycles. The molecule has 1 N–H and O–H groups in total. The number of nitrogens with zero attached hydrogens (tertiary/aromatic N) is 3. The van der Waals surface area contributed by atoms with E-state index in [1.807, 2.05) is 30.5 Å². The molecule has 0 amide bonds. The minimum absolute atomic E-state index is 0.0461. The molecule has 3 heterocycles. The molecule has 96 valence electrons. The molecule has 0 spiro atoms. The molecule has 0 aliphatic carbocycles. The van der Waals surface area contributed by atoms with Crippen molar-refractivity contribution in [2.45, 2.75) is 19.6 Å². The van der Waals surface area contributed by atoms with Crippen molar-refractivity contribution < 1.29 is 5.11 Å². The van der Waals surface area contributed by atoms with E-state index in [1.54, 1.807) is 18.6 Å². The molecule has 0 bridgehead atoms. The Morgan fingerprint density at radius 2 is 1.95 bits per heavy atom. The summed E-state index contributed by atoms with van der Waals surface area (Å²) in [7, 11) is 0. The van der Waals surface area contributed by atoms with Gasteiger partial charge in [-0.15, -0.1) is 0 Å². The summed E-state index contributed by atoms with van der Waals surface area (Å²) in [6.07, 6.45) is 8.31. The zero-order chi connectivity index (χ0) is 13.1. The molecule has 0 unspecified atom stereocenters. The van der Waals surface area contributed by atoms with Crippen molar-refractivity contribution in [2.24, 2.45) is 0 Å². The quantitative estimate of drug-likeness (QED) is 0.775. The summed E-state index contributed by atoms with van der Waals surface area (Å²) in [6, 6.07) is 7.93. The fourth-order valence-electron chi connectivity index (χ4n) is 2.29. The fraction of sp³-hybridized carbons (Fsp3) is 0.200. The summed E-state index contributed by atoms with van der Waals surface area (Å²) in [4.78, 5) is 8.42. The predicted octanol–water partition coefficient (Wildman–Crippen LogP) is 2.17. The average molecular weight is 253 g/mol. The second-order valence-corrected chi connectivity index (χ2v) is 4.49. The highest BCUT2D eigenvalue weighted by Gasteiger charge is 2.08. The Hall–Kier alpha value is -2.20. The van der Waals surface area contributed by atoms with Crippen LogP contribution < -0.4 is 0 Å². The topological polar surface area (TPSA) is 50.9 Å². The largest absolute Gasteiger partial charge is 0.392 e. The van der Waals surface area contributed by atoms with Gasteiger partial charge in [0.15, 0.2) is 0 Å². The number of hydrogen-bond acceptors (Lipinski definition) is 3. The smallest absolute Gasteiger partial charge is 0.140 e. The van der Waals surface area contributed by atoms with Crippen molar-refractivity contribution in [1.29, 1.82) is 0 Å². The lowest BCUT2D eigenvalue weighted by molar-refractivity contribution is 0.283. The lowest BCUT2D eigenvalue weighted by atomic mass is 10.2. The van der Waals surface area contributed by atoms with Gasteiger partial charge in [0.25, 0.3) is 0 Å². The maximum absolute atomic E-state index is 9.38. The number of aliphatic hydroxyl groups excluding tert-OH is 1.